The topological polar surface area (TPSA) is 111 Å². The smallest absolute Gasteiger partial charge is 0.326 e. The molecule has 1 aromatic heterocycles. The van der Waals surface area contributed by atoms with E-state index in [-0.39, 0.29) is 35.5 Å². The van der Waals surface area contributed by atoms with Crippen LogP contribution in [0.25, 0.3) is 11.0 Å². The third kappa shape index (κ3) is 4.61. The van der Waals surface area contributed by atoms with Crippen molar-refractivity contribution in [2.24, 2.45) is 0 Å². The normalized spacial score (nSPS) is 16.1. The molecule has 0 radical (unpaired) electrons. The number of rotatable bonds is 5. The van der Waals surface area contributed by atoms with E-state index in [0.717, 1.165) is 37.0 Å². The number of likely N-dealkylation sites (tertiary alicyclic amines) is 1. The van der Waals surface area contributed by atoms with Crippen molar-refractivity contribution in [1.29, 1.82) is 0 Å². The van der Waals surface area contributed by atoms with Gasteiger partial charge in [-0.1, -0.05) is 18.2 Å². The predicted molar refractivity (Wildman–Crippen MR) is 121 cm³/mol. The van der Waals surface area contributed by atoms with Gasteiger partial charge in [0.2, 0.25) is 0 Å². The van der Waals surface area contributed by atoms with E-state index in [2.05, 4.69) is 15.2 Å². The van der Waals surface area contributed by atoms with Gasteiger partial charge >= 0.3 is 5.69 Å². The Morgan fingerprint density at radius 2 is 1.94 bits per heavy atom. The van der Waals surface area contributed by atoms with Gasteiger partial charge in [-0.15, -0.1) is 12.4 Å². The SMILES string of the molecule is CNC(=O)c1cc(C(O)CN2CCC(n3c(=O)[nH]c4ccccc43)CC2)ccc1O.Cl. The zero-order valence-corrected chi connectivity index (χ0v) is 18.1. The van der Waals surface area contributed by atoms with Gasteiger partial charge in [0.05, 0.1) is 22.7 Å². The van der Waals surface area contributed by atoms with E-state index in [4.69, 9.17) is 0 Å². The van der Waals surface area contributed by atoms with Crippen molar-refractivity contribution in [3.63, 3.8) is 0 Å². The number of piperidine rings is 1. The molecule has 1 fully saturated rings. The number of aromatic amines is 1. The van der Waals surface area contributed by atoms with Gasteiger partial charge in [0, 0.05) is 32.7 Å². The molecule has 0 aliphatic carbocycles. The Hall–Kier alpha value is -2.81. The second-order valence-corrected chi connectivity index (χ2v) is 7.72. The van der Waals surface area contributed by atoms with Gasteiger partial charge in [-0.05, 0) is 42.7 Å². The maximum Gasteiger partial charge on any atom is 0.326 e. The minimum absolute atomic E-state index is 0. The number of phenolic OH excluding ortho intramolecular Hbond substituents is 1. The first kappa shape index (κ1) is 22.9. The molecule has 1 aliphatic rings. The maximum absolute atomic E-state index is 12.4. The number of aromatic nitrogens is 2. The van der Waals surface area contributed by atoms with Gasteiger partial charge in [0.1, 0.15) is 5.75 Å². The fourth-order valence-electron chi connectivity index (χ4n) is 4.22. The molecule has 4 rings (SSSR count). The Bertz CT molecular complexity index is 1120. The number of halogens is 1. The average Bonchev–Trinajstić information content (AvgIpc) is 3.09. The number of amides is 1. The van der Waals surface area contributed by atoms with Crippen molar-refractivity contribution in [3.8, 4) is 5.75 Å². The molecule has 0 spiro atoms. The Kier molecular flexibility index (Phi) is 7.04. The highest BCUT2D eigenvalue weighted by Gasteiger charge is 2.25. The molecular weight excluding hydrogens is 420 g/mol. The number of H-pyrrole nitrogens is 1. The number of carbonyl (C=O) groups is 1. The number of imidazole rings is 1. The lowest BCUT2D eigenvalue weighted by Crippen LogP contribution is -2.39. The summed E-state index contributed by atoms with van der Waals surface area (Å²) in [5, 5.41) is 23.0. The van der Waals surface area contributed by atoms with Crippen LogP contribution in [0, 0.1) is 0 Å². The molecule has 0 bridgehead atoms. The third-order valence-corrected chi connectivity index (χ3v) is 5.85. The van der Waals surface area contributed by atoms with Crippen LogP contribution in [0.4, 0.5) is 0 Å². The van der Waals surface area contributed by atoms with Gasteiger partial charge in [-0.2, -0.15) is 0 Å². The molecule has 1 amide bonds. The number of aliphatic hydroxyl groups excluding tert-OH is 1. The zero-order chi connectivity index (χ0) is 21.3. The number of fused-ring (bicyclic) bond motifs is 1. The molecule has 1 saturated heterocycles. The van der Waals surface area contributed by atoms with Crippen LogP contribution in [-0.2, 0) is 0 Å². The molecule has 8 nitrogen and oxygen atoms in total. The number of nitrogens with zero attached hydrogens (tertiary/aromatic N) is 2. The van der Waals surface area contributed by atoms with Crippen LogP contribution in [0.15, 0.2) is 47.3 Å². The lowest BCUT2D eigenvalue weighted by atomic mass is 10.0. The van der Waals surface area contributed by atoms with Gasteiger partial charge < -0.3 is 25.4 Å². The van der Waals surface area contributed by atoms with Crippen LogP contribution in [0.5, 0.6) is 5.75 Å². The molecule has 1 atom stereocenters. The number of nitrogens with one attached hydrogen (secondary N) is 2. The summed E-state index contributed by atoms with van der Waals surface area (Å²) in [7, 11) is 1.49. The lowest BCUT2D eigenvalue weighted by Gasteiger charge is -2.33. The molecule has 1 unspecified atom stereocenters. The summed E-state index contributed by atoms with van der Waals surface area (Å²) in [5.74, 6) is -0.512. The van der Waals surface area contributed by atoms with E-state index in [9.17, 15) is 19.8 Å². The Labute approximate surface area is 185 Å². The quantitative estimate of drug-likeness (QED) is 0.480. The molecular formula is C22H27ClN4O4. The molecule has 3 aromatic rings. The maximum atomic E-state index is 12.4. The highest BCUT2D eigenvalue weighted by molar-refractivity contribution is 5.96. The minimum Gasteiger partial charge on any atom is -0.507 e. The lowest BCUT2D eigenvalue weighted by molar-refractivity contribution is 0.0902. The number of hydrogen-bond acceptors (Lipinski definition) is 5. The molecule has 166 valence electrons. The van der Waals surface area contributed by atoms with Gasteiger partial charge in [0.25, 0.3) is 5.91 Å². The van der Waals surface area contributed by atoms with Crippen molar-refractivity contribution in [1.82, 2.24) is 19.8 Å². The molecule has 2 heterocycles. The number of β-amino-alcohol motifs (C(OH)–C–C–N with tert-alkyl or cyclic N) is 1. The monoisotopic (exact) mass is 446 g/mol. The van der Waals surface area contributed by atoms with Crippen molar-refractivity contribution in [2.75, 3.05) is 26.7 Å². The third-order valence-electron chi connectivity index (χ3n) is 5.85. The number of carbonyl (C=O) groups excluding carboxylic acids is 1. The van der Waals surface area contributed by atoms with E-state index in [0.29, 0.717) is 12.1 Å². The van der Waals surface area contributed by atoms with Crippen molar-refractivity contribution in [3.05, 3.63) is 64.1 Å². The zero-order valence-electron chi connectivity index (χ0n) is 17.2. The van der Waals surface area contributed by atoms with Crippen LogP contribution in [0.3, 0.4) is 0 Å². The molecule has 1 aliphatic heterocycles. The Balaban J connectivity index is 0.00000272. The van der Waals surface area contributed by atoms with E-state index in [1.807, 2.05) is 28.8 Å². The van der Waals surface area contributed by atoms with Crippen molar-refractivity contribution < 1.29 is 15.0 Å². The summed E-state index contributed by atoms with van der Waals surface area (Å²) in [6.45, 7) is 1.94. The van der Waals surface area contributed by atoms with E-state index in [1.165, 1.54) is 19.2 Å². The molecule has 4 N–H and O–H groups in total. The second-order valence-electron chi connectivity index (χ2n) is 7.72. The first-order valence-electron chi connectivity index (χ1n) is 10.1. The number of hydrogen-bond donors (Lipinski definition) is 4. The van der Waals surface area contributed by atoms with Crippen LogP contribution >= 0.6 is 12.4 Å². The first-order chi connectivity index (χ1) is 14.5. The first-order valence-corrected chi connectivity index (χ1v) is 10.1. The van der Waals surface area contributed by atoms with E-state index < -0.39 is 12.0 Å². The van der Waals surface area contributed by atoms with Gasteiger partial charge in [-0.3, -0.25) is 9.36 Å². The van der Waals surface area contributed by atoms with Crippen molar-refractivity contribution >= 4 is 29.3 Å². The van der Waals surface area contributed by atoms with Crippen LogP contribution < -0.4 is 11.0 Å². The fraction of sp³-hybridized carbons (Fsp3) is 0.364. The fourth-order valence-corrected chi connectivity index (χ4v) is 4.22. The largest absolute Gasteiger partial charge is 0.507 e. The standard InChI is InChI=1S/C22H26N4O4.ClH/c1-23-21(29)16-12-14(6-7-19(16)27)20(28)13-25-10-8-15(9-11-25)26-18-5-3-2-4-17(18)24-22(26)30;/h2-7,12,15,20,27-28H,8-11,13H2,1H3,(H,23,29)(H,24,30);1H. The molecule has 2 aromatic carbocycles. The molecule has 0 saturated carbocycles. The van der Waals surface area contributed by atoms with Crippen LogP contribution in [0.1, 0.15) is 40.9 Å². The number of para-hydroxylation sites is 2. The molecule has 9 heteroatoms. The van der Waals surface area contributed by atoms with Crippen molar-refractivity contribution in [2.45, 2.75) is 25.0 Å². The van der Waals surface area contributed by atoms with Gasteiger partial charge in [-0.25, -0.2) is 4.79 Å². The summed E-state index contributed by atoms with van der Waals surface area (Å²) >= 11 is 0. The summed E-state index contributed by atoms with van der Waals surface area (Å²) in [6.07, 6.45) is 0.850. The summed E-state index contributed by atoms with van der Waals surface area (Å²) in [5.41, 5.74) is 2.42. The summed E-state index contributed by atoms with van der Waals surface area (Å²) in [4.78, 5) is 29.4. The highest BCUT2D eigenvalue weighted by atomic mass is 35.5. The van der Waals surface area contributed by atoms with Crippen LogP contribution in [0.2, 0.25) is 0 Å². The van der Waals surface area contributed by atoms with Crippen LogP contribution in [-0.4, -0.2) is 57.3 Å². The molecule has 31 heavy (non-hydrogen) atoms. The van der Waals surface area contributed by atoms with E-state index in [1.54, 1.807) is 6.07 Å². The van der Waals surface area contributed by atoms with E-state index >= 15 is 0 Å². The number of phenols is 1. The Morgan fingerprint density at radius 3 is 2.65 bits per heavy atom. The van der Waals surface area contributed by atoms with Gasteiger partial charge in [0.15, 0.2) is 0 Å². The summed E-state index contributed by atoms with van der Waals surface area (Å²) < 4.78 is 1.85. The Morgan fingerprint density at radius 1 is 1.23 bits per heavy atom. The predicted octanol–water partition coefficient (Wildman–Crippen LogP) is 2.19. The number of benzene rings is 2. The average molecular weight is 447 g/mol. The number of aromatic hydroxyl groups is 1. The highest BCUT2D eigenvalue weighted by Crippen LogP contribution is 2.27. The second kappa shape index (κ2) is 9.55. The number of aliphatic hydroxyl groups is 1. The summed E-state index contributed by atoms with van der Waals surface area (Å²) in [6, 6.07) is 12.4. The minimum atomic E-state index is -0.777.